The number of amides is 1. The van der Waals surface area contributed by atoms with E-state index in [1.54, 1.807) is 7.05 Å². The zero-order valence-corrected chi connectivity index (χ0v) is 23.7. The van der Waals surface area contributed by atoms with E-state index in [0.717, 1.165) is 21.3 Å². The molecule has 0 radical (unpaired) electrons. The third-order valence-corrected chi connectivity index (χ3v) is 6.83. The van der Waals surface area contributed by atoms with Crippen LogP contribution in [0.25, 0.3) is 22.3 Å². The fourth-order valence-electron chi connectivity index (χ4n) is 4.30. The van der Waals surface area contributed by atoms with Crippen LogP contribution in [0.3, 0.4) is 0 Å². The third-order valence-electron chi connectivity index (χ3n) is 6.25. The highest BCUT2D eigenvalue weighted by molar-refractivity contribution is 6.33. The average Bonchev–Trinajstić information content (AvgIpc) is 3.39. The first-order valence-electron chi connectivity index (χ1n) is 12.1. The summed E-state index contributed by atoms with van der Waals surface area (Å²) in [7, 11) is 4.37. The van der Waals surface area contributed by atoms with Crippen LogP contribution in [0.4, 0.5) is 8.78 Å². The quantitative estimate of drug-likeness (QED) is 0.275. The highest BCUT2D eigenvalue weighted by atomic mass is 35.5. The minimum absolute atomic E-state index is 0.00454. The zero-order chi connectivity index (χ0) is 30.3. The number of pyridine rings is 2. The fourth-order valence-corrected chi connectivity index (χ4v) is 4.73. The molecule has 0 unspecified atom stereocenters. The topological polar surface area (TPSA) is 139 Å². The van der Waals surface area contributed by atoms with Gasteiger partial charge in [-0.2, -0.15) is 5.10 Å². The van der Waals surface area contributed by atoms with E-state index in [9.17, 15) is 23.2 Å². The Morgan fingerprint density at radius 1 is 1.05 bits per heavy atom. The Morgan fingerprint density at radius 3 is 2.45 bits per heavy atom. The van der Waals surface area contributed by atoms with Gasteiger partial charge in [-0.25, -0.2) is 28.5 Å². The molecule has 1 N–H and O–H groups in total. The van der Waals surface area contributed by atoms with Crippen LogP contribution in [-0.2, 0) is 20.1 Å². The van der Waals surface area contributed by atoms with E-state index in [4.69, 9.17) is 27.9 Å². The normalized spacial score (nSPS) is 11.2. The number of aryl methyl sites for hydroxylation is 1. The molecule has 1 amide bonds. The van der Waals surface area contributed by atoms with Crippen molar-refractivity contribution in [3.05, 3.63) is 96.3 Å². The van der Waals surface area contributed by atoms with Crippen LogP contribution in [0, 0.1) is 11.6 Å². The molecule has 0 aliphatic heterocycles. The molecule has 5 aromatic rings. The van der Waals surface area contributed by atoms with Gasteiger partial charge in [-0.05, 0) is 35.9 Å². The van der Waals surface area contributed by atoms with Crippen LogP contribution in [-0.4, -0.2) is 53.9 Å². The fraction of sp³-hybridized carbons (Fsp3) is 0.192. The molecule has 16 heteroatoms. The van der Waals surface area contributed by atoms with Gasteiger partial charge < -0.3 is 10.1 Å². The van der Waals surface area contributed by atoms with Gasteiger partial charge in [0.15, 0.2) is 23.0 Å². The lowest BCUT2D eigenvalue weighted by Gasteiger charge is -2.16. The van der Waals surface area contributed by atoms with E-state index in [2.05, 4.69) is 25.4 Å². The highest BCUT2D eigenvalue weighted by Crippen LogP contribution is 2.34. The summed E-state index contributed by atoms with van der Waals surface area (Å²) in [5, 5.41) is 6.23. The Bertz CT molecular complexity index is 1980. The van der Waals surface area contributed by atoms with E-state index < -0.39 is 33.8 Å². The summed E-state index contributed by atoms with van der Waals surface area (Å²) in [6, 6.07) is 6.32. The van der Waals surface area contributed by atoms with Crippen LogP contribution in [0.1, 0.15) is 21.9 Å². The Morgan fingerprint density at radius 2 is 1.81 bits per heavy atom. The lowest BCUT2D eigenvalue weighted by Crippen LogP contribution is -2.41. The standard InChI is InChI=1S/C26H20Cl2F2N8O4/c1-31-23(39)17-5-4-14(27)21(33-17)13-8-18-22(34-24(13)42-3)25(40)38(10-19-32-11-36(2)35-19)26(41)37(18)9-12-6-15(28)20(30)16(29)7-12/h4-8,11H,9-10H2,1-3H3,(H,31,39). The van der Waals surface area contributed by atoms with Gasteiger partial charge in [0.25, 0.3) is 11.5 Å². The Balaban J connectivity index is 1.82. The van der Waals surface area contributed by atoms with Crippen molar-refractivity contribution >= 4 is 40.1 Å². The molecule has 0 fully saturated rings. The van der Waals surface area contributed by atoms with Gasteiger partial charge in [0, 0.05) is 14.1 Å². The number of ether oxygens (including phenoxy) is 1. The van der Waals surface area contributed by atoms with E-state index in [0.29, 0.717) is 0 Å². The molecule has 0 aliphatic carbocycles. The second-order valence-electron chi connectivity index (χ2n) is 8.99. The van der Waals surface area contributed by atoms with Crippen LogP contribution < -0.4 is 21.3 Å². The second-order valence-corrected chi connectivity index (χ2v) is 9.80. The van der Waals surface area contributed by atoms with Crippen LogP contribution in [0.5, 0.6) is 5.88 Å². The summed E-state index contributed by atoms with van der Waals surface area (Å²) in [5.74, 6) is -2.85. The highest BCUT2D eigenvalue weighted by Gasteiger charge is 2.23. The van der Waals surface area contributed by atoms with Crippen molar-refractivity contribution in [1.29, 1.82) is 0 Å². The maximum absolute atomic E-state index is 14.2. The van der Waals surface area contributed by atoms with Gasteiger partial charge >= 0.3 is 5.69 Å². The van der Waals surface area contributed by atoms with Crippen LogP contribution >= 0.6 is 23.2 Å². The van der Waals surface area contributed by atoms with E-state index in [1.165, 1.54) is 43.4 Å². The minimum atomic E-state index is -1.24. The molecule has 0 aliphatic rings. The molecular weight excluding hydrogens is 597 g/mol. The molecule has 4 aromatic heterocycles. The molecule has 0 bridgehead atoms. The van der Waals surface area contributed by atoms with Crippen molar-refractivity contribution in [2.75, 3.05) is 14.2 Å². The lowest BCUT2D eigenvalue weighted by molar-refractivity contribution is 0.0958. The molecule has 12 nitrogen and oxygen atoms in total. The first kappa shape index (κ1) is 28.8. The summed E-state index contributed by atoms with van der Waals surface area (Å²) in [5.41, 5.74) is -1.42. The summed E-state index contributed by atoms with van der Waals surface area (Å²) in [6.45, 7) is -0.643. The smallest absolute Gasteiger partial charge is 0.332 e. The Kier molecular flexibility index (Phi) is 7.75. The Hall–Kier alpha value is -4.69. The van der Waals surface area contributed by atoms with Gasteiger partial charge in [-0.15, -0.1) is 0 Å². The maximum atomic E-state index is 14.2. The van der Waals surface area contributed by atoms with E-state index >= 15 is 0 Å². The number of hydrogen-bond acceptors (Lipinski definition) is 8. The van der Waals surface area contributed by atoms with E-state index in [1.807, 2.05) is 0 Å². The SMILES string of the molecule is CNC(=O)c1ccc(Cl)c(-c2cc3c(nc2OC)c(=O)n(Cc2ncn(C)n2)c(=O)n3Cc2cc(F)c(F)c(Cl)c2)n1. The summed E-state index contributed by atoms with van der Waals surface area (Å²) < 4.78 is 37.0. The van der Waals surface area contributed by atoms with Gasteiger partial charge in [0.2, 0.25) is 5.88 Å². The summed E-state index contributed by atoms with van der Waals surface area (Å²) in [6.07, 6.45) is 1.40. The van der Waals surface area contributed by atoms with Crippen LogP contribution in [0.15, 0.2) is 46.2 Å². The summed E-state index contributed by atoms with van der Waals surface area (Å²) >= 11 is 12.3. The molecule has 42 heavy (non-hydrogen) atoms. The average molecular weight is 617 g/mol. The van der Waals surface area contributed by atoms with Gasteiger partial charge in [0.05, 0.1) is 47.0 Å². The van der Waals surface area contributed by atoms with Crippen molar-refractivity contribution in [1.82, 2.24) is 39.2 Å². The third kappa shape index (κ3) is 5.21. The molecule has 5 rings (SSSR count). The Labute approximate surface area is 245 Å². The number of hydrogen-bond donors (Lipinski definition) is 1. The number of carbonyl (C=O) groups excluding carboxylic acids is 1. The zero-order valence-electron chi connectivity index (χ0n) is 22.2. The molecular formula is C26H20Cl2F2N8O4. The number of aromatic nitrogens is 7. The molecule has 0 atom stereocenters. The number of methoxy groups -OCH3 is 1. The van der Waals surface area contributed by atoms with Crippen molar-refractivity contribution in [2.45, 2.75) is 13.1 Å². The predicted octanol–water partition coefficient (Wildman–Crippen LogP) is 2.80. The number of carbonyl (C=O) groups is 1. The first-order valence-corrected chi connectivity index (χ1v) is 12.9. The van der Waals surface area contributed by atoms with Crippen LogP contribution in [0.2, 0.25) is 10.0 Å². The lowest BCUT2D eigenvalue weighted by atomic mass is 10.1. The number of nitrogens with zero attached hydrogens (tertiary/aromatic N) is 7. The number of halogens is 4. The largest absolute Gasteiger partial charge is 0.480 e. The summed E-state index contributed by atoms with van der Waals surface area (Å²) in [4.78, 5) is 52.5. The molecule has 0 spiro atoms. The van der Waals surface area contributed by atoms with Crippen molar-refractivity contribution in [2.24, 2.45) is 7.05 Å². The molecule has 216 valence electrons. The monoisotopic (exact) mass is 616 g/mol. The second kappa shape index (κ2) is 11.3. The number of fused-ring (bicyclic) bond motifs is 1. The minimum Gasteiger partial charge on any atom is -0.480 e. The number of rotatable bonds is 7. The van der Waals surface area contributed by atoms with Gasteiger partial charge in [-0.3, -0.25) is 23.4 Å². The molecule has 0 saturated carbocycles. The maximum Gasteiger partial charge on any atom is 0.332 e. The predicted molar refractivity (Wildman–Crippen MR) is 149 cm³/mol. The molecule has 0 saturated heterocycles. The van der Waals surface area contributed by atoms with Gasteiger partial charge in [0.1, 0.15) is 12.0 Å². The van der Waals surface area contributed by atoms with Crippen molar-refractivity contribution < 1.29 is 18.3 Å². The van der Waals surface area contributed by atoms with E-state index in [-0.39, 0.29) is 63.4 Å². The molecule has 1 aromatic carbocycles. The number of nitrogens with one attached hydrogen (secondary N) is 1. The molecule has 4 heterocycles. The van der Waals surface area contributed by atoms with Crippen molar-refractivity contribution in [3.63, 3.8) is 0 Å². The van der Waals surface area contributed by atoms with Crippen molar-refractivity contribution in [3.8, 4) is 17.1 Å². The van der Waals surface area contributed by atoms with Gasteiger partial charge in [-0.1, -0.05) is 23.2 Å². The first-order chi connectivity index (χ1) is 20.0. The number of benzene rings is 1.